The van der Waals surface area contributed by atoms with Crippen LogP contribution in [0.4, 0.5) is 5.69 Å². The molecule has 0 N–H and O–H groups in total. The molecule has 0 radical (unpaired) electrons. The first-order valence-electron chi connectivity index (χ1n) is 11.6. The molecule has 1 heterocycles. The van der Waals surface area contributed by atoms with Gasteiger partial charge in [-0.1, -0.05) is 12.1 Å². The number of methoxy groups -OCH3 is 2. The van der Waals surface area contributed by atoms with Crippen LogP contribution >= 0.6 is 11.3 Å². The first-order valence-corrected chi connectivity index (χ1v) is 13.9. The molecule has 0 aliphatic rings. The maximum absolute atomic E-state index is 13.2. The second-order valence-electron chi connectivity index (χ2n) is 7.87. The van der Waals surface area contributed by atoms with E-state index >= 15 is 0 Å². The molecule has 0 atom stereocenters. The predicted molar refractivity (Wildman–Crippen MR) is 142 cm³/mol. The second kappa shape index (κ2) is 12.8. The van der Waals surface area contributed by atoms with E-state index in [4.69, 9.17) is 13.7 Å². The first kappa shape index (κ1) is 27.5. The van der Waals surface area contributed by atoms with Crippen LogP contribution in [0, 0.1) is 0 Å². The molecule has 0 spiro atoms. The van der Waals surface area contributed by atoms with E-state index in [0.717, 1.165) is 18.8 Å². The fourth-order valence-corrected chi connectivity index (χ4v) is 5.31. The minimum absolute atomic E-state index is 0.00777. The maximum atomic E-state index is 13.2. The molecule has 1 amide bonds. The van der Waals surface area contributed by atoms with E-state index in [1.807, 2.05) is 37.4 Å². The quantitative estimate of drug-likeness (QED) is 0.296. The van der Waals surface area contributed by atoms with Crippen molar-refractivity contribution in [2.24, 2.45) is 0 Å². The highest BCUT2D eigenvalue weighted by Crippen LogP contribution is 2.31. The standard InChI is InChI=1S/C26H32N2O6S2/c1-5-27(6-2)21-10-9-20(19-28(15-16-32-3)26(29)25-8-7-17-35-25)24(18-21)34-36(30,31)23-13-11-22(33-4)12-14-23/h7-14,17-18H,5-6,15-16,19H2,1-4H3. The fourth-order valence-electron chi connectivity index (χ4n) is 3.66. The molecule has 0 fully saturated rings. The SMILES string of the molecule is CCN(CC)c1ccc(CN(CCOC)C(=O)c2cccs2)c(OS(=O)(=O)c2ccc(OC)cc2)c1. The minimum atomic E-state index is -4.13. The van der Waals surface area contributed by atoms with Crippen molar-refractivity contribution in [3.63, 3.8) is 0 Å². The largest absolute Gasteiger partial charge is 0.497 e. The summed E-state index contributed by atoms with van der Waals surface area (Å²) >= 11 is 1.35. The Hall–Kier alpha value is -3.08. The lowest BCUT2D eigenvalue weighted by Crippen LogP contribution is -2.33. The van der Waals surface area contributed by atoms with Crippen molar-refractivity contribution in [2.45, 2.75) is 25.3 Å². The molecular weight excluding hydrogens is 500 g/mol. The van der Waals surface area contributed by atoms with Gasteiger partial charge in [0.1, 0.15) is 16.4 Å². The van der Waals surface area contributed by atoms with E-state index < -0.39 is 10.1 Å². The Morgan fingerprint density at radius 3 is 2.31 bits per heavy atom. The molecular formula is C26H32N2O6S2. The third-order valence-electron chi connectivity index (χ3n) is 5.67. The molecule has 1 aromatic heterocycles. The normalized spacial score (nSPS) is 11.2. The number of ether oxygens (including phenoxy) is 2. The van der Waals surface area contributed by atoms with E-state index in [2.05, 4.69) is 4.90 Å². The summed E-state index contributed by atoms with van der Waals surface area (Å²) in [6, 6.07) is 15.0. The Kier molecular flexibility index (Phi) is 9.74. The number of amides is 1. The summed E-state index contributed by atoms with van der Waals surface area (Å²) in [7, 11) is -1.05. The van der Waals surface area contributed by atoms with E-state index in [1.165, 1.54) is 30.6 Å². The van der Waals surface area contributed by atoms with E-state index in [9.17, 15) is 13.2 Å². The number of carbonyl (C=O) groups excluding carboxylic acids is 1. The minimum Gasteiger partial charge on any atom is -0.497 e. The molecule has 194 valence electrons. The summed E-state index contributed by atoms with van der Waals surface area (Å²) in [5.41, 5.74) is 1.40. The Bertz CT molecular complexity index is 1220. The van der Waals surface area contributed by atoms with Gasteiger partial charge in [-0.25, -0.2) is 0 Å². The highest BCUT2D eigenvalue weighted by atomic mass is 32.2. The van der Waals surface area contributed by atoms with Gasteiger partial charge in [0.2, 0.25) is 0 Å². The number of nitrogens with zero attached hydrogens (tertiary/aromatic N) is 2. The van der Waals surface area contributed by atoms with E-state index in [0.29, 0.717) is 29.3 Å². The zero-order valence-electron chi connectivity index (χ0n) is 21.0. The number of thiophene rings is 1. The smallest absolute Gasteiger partial charge is 0.339 e. The van der Waals surface area contributed by atoms with Gasteiger partial charge in [-0.3, -0.25) is 4.79 Å². The first-order chi connectivity index (χ1) is 17.3. The number of hydrogen-bond donors (Lipinski definition) is 0. The molecule has 0 bridgehead atoms. The molecule has 3 aromatic rings. The lowest BCUT2D eigenvalue weighted by molar-refractivity contribution is 0.0684. The molecule has 36 heavy (non-hydrogen) atoms. The highest BCUT2D eigenvalue weighted by Gasteiger charge is 2.23. The van der Waals surface area contributed by atoms with Crippen LogP contribution in [-0.2, 0) is 21.4 Å². The molecule has 2 aromatic carbocycles. The van der Waals surface area contributed by atoms with Crippen LogP contribution in [0.15, 0.2) is 64.9 Å². The molecule has 0 aliphatic carbocycles. The van der Waals surface area contributed by atoms with Crippen LogP contribution in [0.25, 0.3) is 0 Å². The number of anilines is 1. The van der Waals surface area contributed by atoms with Gasteiger partial charge in [0.25, 0.3) is 5.91 Å². The third-order valence-corrected chi connectivity index (χ3v) is 7.78. The Labute approximate surface area is 217 Å². The molecule has 8 nitrogen and oxygen atoms in total. The van der Waals surface area contributed by atoms with Gasteiger partial charge in [-0.2, -0.15) is 8.42 Å². The van der Waals surface area contributed by atoms with Gasteiger partial charge >= 0.3 is 10.1 Å². The molecule has 3 rings (SSSR count). The van der Waals surface area contributed by atoms with Gasteiger partial charge in [0.15, 0.2) is 0 Å². The number of carbonyl (C=O) groups is 1. The summed E-state index contributed by atoms with van der Waals surface area (Å²) in [4.78, 5) is 17.5. The summed E-state index contributed by atoms with van der Waals surface area (Å²) < 4.78 is 42.4. The predicted octanol–water partition coefficient (Wildman–Crippen LogP) is 4.66. The van der Waals surface area contributed by atoms with Crippen LogP contribution in [0.3, 0.4) is 0 Å². The summed E-state index contributed by atoms with van der Waals surface area (Å²) in [6.45, 7) is 6.39. The zero-order chi connectivity index (χ0) is 26.1. The topological polar surface area (TPSA) is 85.4 Å². The second-order valence-corrected chi connectivity index (χ2v) is 10.4. The van der Waals surface area contributed by atoms with Crippen LogP contribution in [0.5, 0.6) is 11.5 Å². The van der Waals surface area contributed by atoms with Crippen molar-refractivity contribution >= 4 is 33.0 Å². The maximum Gasteiger partial charge on any atom is 0.339 e. The van der Waals surface area contributed by atoms with Crippen molar-refractivity contribution < 1.29 is 26.9 Å². The molecule has 0 saturated heterocycles. The Morgan fingerprint density at radius 1 is 1.00 bits per heavy atom. The van der Waals surface area contributed by atoms with E-state index in [-0.39, 0.29) is 23.1 Å². The third kappa shape index (κ3) is 6.77. The summed E-state index contributed by atoms with van der Waals surface area (Å²) in [6.07, 6.45) is 0. The molecule has 10 heteroatoms. The monoisotopic (exact) mass is 532 g/mol. The van der Waals surface area contributed by atoms with Crippen LogP contribution in [0.2, 0.25) is 0 Å². The van der Waals surface area contributed by atoms with Crippen LogP contribution in [-0.4, -0.2) is 59.7 Å². The molecule has 0 aliphatic heterocycles. The van der Waals surface area contributed by atoms with Crippen molar-refractivity contribution in [3.8, 4) is 11.5 Å². The van der Waals surface area contributed by atoms with Crippen LogP contribution in [0.1, 0.15) is 29.1 Å². The lowest BCUT2D eigenvalue weighted by Gasteiger charge is -2.25. The molecule has 0 unspecified atom stereocenters. The van der Waals surface area contributed by atoms with Crippen molar-refractivity contribution in [1.29, 1.82) is 0 Å². The average Bonchev–Trinajstić information content (AvgIpc) is 3.43. The lowest BCUT2D eigenvalue weighted by atomic mass is 10.1. The van der Waals surface area contributed by atoms with Gasteiger partial charge in [-0.15, -0.1) is 11.3 Å². The number of benzene rings is 2. The van der Waals surface area contributed by atoms with Crippen molar-refractivity contribution in [1.82, 2.24) is 4.90 Å². The van der Waals surface area contributed by atoms with Gasteiger partial charge < -0.3 is 23.5 Å². The number of rotatable bonds is 13. The van der Waals surface area contributed by atoms with Crippen molar-refractivity contribution in [3.05, 3.63) is 70.4 Å². The summed E-state index contributed by atoms with van der Waals surface area (Å²) in [5.74, 6) is 0.564. The van der Waals surface area contributed by atoms with E-state index in [1.54, 1.807) is 36.3 Å². The number of hydrogen-bond acceptors (Lipinski definition) is 8. The van der Waals surface area contributed by atoms with Crippen molar-refractivity contribution in [2.75, 3.05) is 45.4 Å². The van der Waals surface area contributed by atoms with Crippen LogP contribution < -0.4 is 13.8 Å². The van der Waals surface area contributed by atoms with Gasteiger partial charge in [0, 0.05) is 50.6 Å². The van der Waals surface area contributed by atoms with Gasteiger partial charge in [0.05, 0.1) is 18.6 Å². The average molecular weight is 533 g/mol. The molecule has 0 saturated carbocycles. The Balaban J connectivity index is 1.99. The zero-order valence-corrected chi connectivity index (χ0v) is 22.6. The summed E-state index contributed by atoms with van der Waals surface area (Å²) in [5, 5.41) is 1.84. The highest BCUT2D eigenvalue weighted by molar-refractivity contribution is 7.87. The van der Waals surface area contributed by atoms with Gasteiger partial charge in [-0.05, 0) is 55.6 Å². The fraction of sp³-hybridized carbons (Fsp3) is 0.346. The Morgan fingerprint density at radius 2 is 1.72 bits per heavy atom.